The number of thiazole rings is 1. The number of unbranched alkanes of at least 4 members (excludes halogenated alkanes) is 1. The van der Waals surface area contributed by atoms with E-state index in [0.29, 0.717) is 17.0 Å². The van der Waals surface area contributed by atoms with E-state index in [9.17, 15) is 9.59 Å². The van der Waals surface area contributed by atoms with E-state index in [4.69, 9.17) is 4.74 Å². The number of fused-ring (bicyclic) bond motifs is 1. The number of carbonyl (C=O) groups is 2. The number of rotatable bonds is 7. The summed E-state index contributed by atoms with van der Waals surface area (Å²) in [7, 11) is 1.35. The van der Waals surface area contributed by atoms with Crippen LogP contribution in [0.4, 0.5) is 0 Å². The van der Waals surface area contributed by atoms with Crippen LogP contribution in [0.15, 0.2) is 35.5 Å². The van der Waals surface area contributed by atoms with Crippen molar-refractivity contribution in [2.24, 2.45) is 4.99 Å². The minimum Gasteiger partial charge on any atom is -0.468 e. The Hall–Kier alpha value is -2.74. The molecule has 8 heteroatoms. The number of esters is 1. The summed E-state index contributed by atoms with van der Waals surface area (Å²) in [5.41, 5.74) is 2.53. The molecule has 0 unspecified atom stereocenters. The van der Waals surface area contributed by atoms with E-state index < -0.39 is 0 Å². The third-order valence-corrected chi connectivity index (χ3v) is 5.55. The van der Waals surface area contributed by atoms with E-state index in [1.54, 1.807) is 21.5 Å². The van der Waals surface area contributed by atoms with Crippen molar-refractivity contribution in [3.63, 3.8) is 0 Å². The number of aromatic nitrogens is 3. The molecule has 0 spiro atoms. The zero-order valence-electron chi connectivity index (χ0n) is 16.3. The Morgan fingerprint density at radius 1 is 1.25 bits per heavy atom. The molecule has 3 aromatic rings. The van der Waals surface area contributed by atoms with E-state index >= 15 is 0 Å². The summed E-state index contributed by atoms with van der Waals surface area (Å²) in [6.45, 7) is 4.67. The highest BCUT2D eigenvalue weighted by Crippen LogP contribution is 2.21. The van der Waals surface area contributed by atoms with Crippen molar-refractivity contribution >= 4 is 33.4 Å². The Balaban J connectivity index is 2.09. The first kappa shape index (κ1) is 20.0. The average molecular weight is 401 g/mol. The van der Waals surface area contributed by atoms with Gasteiger partial charge in [-0.15, -0.1) is 0 Å². The summed E-state index contributed by atoms with van der Waals surface area (Å²) in [6, 6.07) is 7.81. The van der Waals surface area contributed by atoms with Crippen molar-refractivity contribution in [1.29, 1.82) is 0 Å². The van der Waals surface area contributed by atoms with Crippen LogP contribution in [0, 0.1) is 0 Å². The molecular weight excluding hydrogens is 376 g/mol. The SMILES string of the molecule is CCCCc1ccc2c(c1)sc(=NC(=O)c1ccnn1CC)n2CC(=O)OC. The number of ether oxygens (including phenoxy) is 1. The Kier molecular flexibility index (Phi) is 6.41. The monoisotopic (exact) mass is 400 g/mol. The second-order valence-electron chi connectivity index (χ2n) is 6.40. The highest BCUT2D eigenvalue weighted by Gasteiger charge is 2.15. The molecule has 0 saturated heterocycles. The number of methoxy groups -OCH3 is 1. The highest BCUT2D eigenvalue weighted by atomic mass is 32.1. The van der Waals surface area contributed by atoms with Gasteiger partial charge in [-0.05, 0) is 43.5 Å². The molecule has 1 amide bonds. The molecule has 28 heavy (non-hydrogen) atoms. The first-order valence-corrected chi connectivity index (χ1v) is 10.2. The van der Waals surface area contributed by atoms with Gasteiger partial charge in [0.15, 0.2) is 4.80 Å². The van der Waals surface area contributed by atoms with Crippen LogP contribution in [-0.4, -0.2) is 33.3 Å². The maximum Gasteiger partial charge on any atom is 0.325 e. The molecule has 0 aliphatic carbocycles. The summed E-state index contributed by atoms with van der Waals surface area (Å²) in [5, 5.41) is 4.12. The van der Waals surface area contributed by atoms with E-state index in [0.717, 1.165) is 29.5 Å². The van der Waals surface area contributed by atoms with Gasteiger partial charge in [0, 0.05) is 12.7 Å². The highest BCUT2D eigenvalue weighted by molar-refractivity contribution is 7.16. The fourth-order valence-electron chi connectivity index (χ4n) is 3.00. The van der Waals surface area contributed by atoms with E-state index in [-0.39, 0.29) is 18.4 Å². The largest absolute Gasteiger partial charge is 0.468 e. The predicted molar refractivity (Wildman–Crippen MR) is 108 cm³/mol. The van der Waals surface area contributed by atoms with Crippen molar-refractivity contribution in [3.8, 4) is 0 Å². The van der Waals surface area contributed by atoms with Gasteiger partial charge in [0.1, 0.15) is 12.2 Å². The van der Waals surface area contributed by atoms with E-state index in [2.05, 4.69) is 29.1 Å². The van der Waals surface area contributed by atoms with Gasteiger partial charge in [-0.1, -0.05) is 30.7 Å². The lowest BCUT2D eigenvalue weighted by Crippen LogP contribution is -2.23. The summed E-state index contributed by atoms with van der Waals surface area (Å²) in [5.74, 6) is -0.766. The second kappa shape index (κ2) is 8.97. The molecule has 148 valence electrons. The minimum absolute atomic E-state index is 0.00393. The third-order valence-electron chi connectivity index (χ3n) is 4.51. The first-order chi connectivity index (χ1) is 13.6. The van der Waals surface area contributed by atoms with Crippen LogP contribution >= 0.6 is 11.3 Å². The minimum atomic E-state index is -0.387. The molecule has 0 aliphatic heterocycles. The normalized spacial score (nSPS) is 11.9. The number of hydrogen-bond acceptors (Lipinski definition) is 5. The molecule has 2 heterocycles. The van der Waals surface area contributed by atoms with Gasteiger partial charge in [0.05, 0.1) is 17.3 Å². The van der Waals surface area contributed by atoms with Gasteiger partial charge >= 0.3 is 5.97 Å². The lowest BCUT2D eigenvalue weighted by molar-refractivity contribution is -0.141. The van der Waals surface area contributed by atoms with Crippen LogP contribution in [0.2, 0.25) is 0 Å². The summed E-state index contributed by atoms with van der Waals surface area (Å²) >= 11 is 1.40. The second-order valence-corrected chi connectivity index (χ2v) is 7.41. The van der Waals surface area contributed by atoms with Gasteiger partial charge in [-0.25, -0.2) is 0 Å². The average Bonchev–Trinajstić information content (AvgIpc) is 3.30. The Bertz CT molecular complexity index is 1060. The van der Waals surface area contributed by atoms with Gasteiger partial charge in [-0.3, -0.25) is 14.3 Å². The Morgan fingerprint density at radius 3 is 2.79 bits per heavy atom. The van der Waals surface area contributed by atoms with Crippen LogP contribution in [0.1, 0.15) is 42.7 Å². The standard InChI is InChI=1S/C20H24N4O3S/c1-4-6-7-14-8-9-15-17(12-14)28-20(23(15)13-18(25)27-3)22-19(26)16-10-11-21-24(16)5-2/h8-12H,4-7,13H2,1-3H3. The number of nitrogens with zero attached hydrogens (tertiary/aromatic N) is 4. The molecule has 1 aromatic carbocycles. The zero-order chi connectivity index (χ0) is 20.1. The lowest BCUT2D eigenvalue weighted by atomic mass is 10.1. The predicted octanol–water partition coefficient (Wildman–Crippen LogP) is 3.18. The molecule has 0 bridgehead atoms. The lowest BCUT2D eigenvalue weighted by Gasteiger charge is -2.05. The van der Waals surface area contributed by atoms with Crippen molar-refractivity contribution in [2.75, 3.05) is 7.11 Å². The van der Waals surface area contributed by atoms with Gasteiger partial charge in [-0.2, -0.15) is 10.1 Å². The number of amides is 1. The van der Waals surface area contributed by atoms with Crippen LogP contribution < -0.4 is 4.80 Å². The van der Waals surface area contributed by atoms with Gasteiger partial charge in [0.25, 0.3) is 5.91 Å². The quantitative estimate of drug-likeness (QED) is 0.571. The summed E-state index contributed by atoms with van der Waals surface area (Å²) in [6.07, 6.45) is 4.84. The van der Waals surface area contributed by atoms with E-state index in [1.807, 2.05) is 13.0 Å². The fourth-order valence-corrected chi connectivity index (χ4v) is 4.09. The summed E-state index contributed by atoms with van der Waals surface area (Å²) < 4.78 is 9.16. The molecule has 0 aliphatic rings. The molecule has 0 radical (unpaired) electrons. The molecule has 0 saturated carbocycles. The summed E-state index contributed by atoms with van der Waals surface area (Å²) in [4.78, 5) is 29.4. The van der Waals surface area contributed by atoms with Crippen molar-refractivity contribution in [2.45, 2.75) is 46.2 Å². The molecule has 7 nitrogen and oxygen atoms in total. The number of aryl methyl sites for hydroxylation is 2. The number of hydrogen-bond donors (Lipinski definition) is 0. The molecule has 2 aromatic heterocycles. The van der Waals surface area contributed by atoms with Crippen LogP contribution in [0.25, 0.3) is 10.2 Å². The topological polar surface area (TPSA) is 78.5 Å². The number of benzene rings is 1. The van der Waals surface area contributed by atoms with Gasteiger partial charge < -0.3 is 9.30 Å². The molecule has 0 fully saturated rings. The van der Waals surface area contributed by atoms with Crippen molar-refractivity contribution < 1.29 is 14.3 Å². The first-order valence-electron chi connectivity index (χ1n) is 9.37. The third kappa shape index (κ3) is 4.22. The maximum absolute atomic E-state index is 12.7. The Morgan fingerprint density at radius 2 is 2.07 bits per heavy atom. The Labute approximate surface area is 167 Å². The molecule has 0 N–H and O–H groups in total. The van der Waals surface area contributed by atoms with Crippen LogP contribution in [0.5, 0.6) is 0 Å². The van der Waals surface area contributed by atoms with Crippen LogP contribution in [0.3, 0.4) is 0 Å². The fraction of sp³-hybridized carbons (Fsp3) is 0.400. The molecule has 0 atom stereocenters. The van der Waals surface area contributed by atoms with E-state index in [1.165, 1.54) is 24.0 Å². The van der Waals surface area contributed by atoms with Crippen molar-refractivity contribution in [1.82, 2.24) is 14.3 Å². The maximum atomic E-state index is 12.7. The zero-order valence-corrected chi connectivity index (χ0v) is 17.2. The van der Waals surface area contributed by atoms with Crippen LogP contribution in [-0.2, 0) is 29.0 Å². The van der Waals surface area contributed by atoms with Gasteiger partial charge in [0.2, 0.25) is 0 Å². The molecular formula is C20H24N4O3S. The smallest absolute Gasteiger partial charge is 0.325 e. The van der Waals surface area contributed by atoms with Crippen molar-refractivity contribution in [3.05, 3.63) is 46.5 Å². The molecule has 3 rings (SSSR count). The number of carbonyl (C=O) groups excluding carboxylic acids is 2.